The number of nitrogens with zero attached hydrogens (tertiary/aromatic N) is 1. The fraction of sp³-hybridized carbons (Fsp3) is 0.615. The third kappa shape index (κ3) is 3.27. The molecule has 0 aliphatic heterocycles. The van der Waals surface area contributed by atoms with Crippen LogP contribution < -0.4 is 5.32 Å². The lowest BCUT2D eigenvalue weighted by Crippen LogP contribution is -2.39. The topological polar surface area (TPSA) is 49.0 Å². The van der Waals surface area contributed by atoms with Gasteiger partial charge in [-0.15, -0.1) is 0 Å². The molecule has 1 aromatic rings. The van der Waals surface area contributed by atoms with Crippen molar-refractivity contribution in [3.63, 3.8) is 0 Å². The molecule has 2 unspecified atom stereocenters. The number of hydrogen-bond acceptors (Lipinski definition) is 4. The van der Waals surface area contributed by atoms with E-state index < -0.39 is 0 Å². The Morgan fingerprint density at radius 1 is 1.47 bits per heavy atom. The Labute approximate surface area is 107 Å². The van der Waals surface area contributed by atoms with Gasteiger partial charge in [-0.25, -0.2) is 0 Å². The van der Waals surface area contributed by atoms with Crippen LogP contribution in [0, 0.1) is 11.3 Å². The van der Waals surface area contributed by atoms with Crippen molar-refractivity contribution in [2.75, 3.05) is 6.26 Å². The summed E-state index contributed by atoms with van der Waals surface area (Å²) in [6, 6.07) is 6.19. The molecule has 0 bridgehead atoms. The molecule has 3 nitrogen and oxygen atoms in total. The number of furan rings is 1. The van der Waals surface area contributed by atoms with Crippen molar-refractivity contribution in [2.45, 2.75) is 43.5 Å². The Bertz CT molecular complexity index is 396. The van der Waals surface area contributed by atoms with E-state index in [4.69, 9.17) is 9.68 Å². The highest BCUT2D eigenvalue weighted by Crippen LogP contribution is 2.27. The summed E-state index contributed by atoms with van der Waals surface area (Å²) in [5, 5.41) is 12.9. The second-order valence-electron chi connectivity index (χ2n) is 4.42. The van der Waals surface area contributed by atoms with Gasteiger partial charge in [0.25, 0.3) is 0 Å². The van der Waals surface area contributed by atoms with E-state index >= 15 is 0 Å². The summed E-state index contributed by atoms with van der Waals surface area (Å²) >= 11 is 1.95. The zero-order valence-corrected chi connectivity index (χ0v) is 10.9. The van der Waals surface area contributed by atoms with Crippen molar-refractivity contribution < 1.29 is 4.42 Å². The van der Waals surface area contributed by atoms with E-state index in [1.165, 1.54) is 25.7 Å². The highest BCUT2D eigenvalue weighted by atomic mass is 32.2. The second-order valence-corrected chi connectivity index (χ2v) is 5.50. The van der Waals surface area contributed by atoms with E-state index in [-0.39, 0.29) is 0 Å². The number of nitriles is 1. The summed E-state index contributed by atoms with van der Waals surface area (Å²) < 4.78 is 5.36. The molecule has 0 spiro atoms. The van der Waals surface area contributed by atoms with Crippen LogP contribution >= 0.6 is 11.8 Å². The zero-order chi connectivity index (χ0) is 12.1. The van der Waals surface area contributed by atoms with Crippen molar-refractivity contribution in [1.82, 2.24) is 5.32 Å². The molecule has 2 atom stereocenters. The maximum atomic E-state index is 8.68. The Kier molecular flexibility index (Phi) is 4.52. The van der Waals surface area contributed by atoms with Crippen molar-refractivity contribution in [2.24, 2.45) is 0 Å². The maximum Gasteiger partial charge on any atom is 0.203 e. The highest BCUT2D eigenvalue weighted by molar-refractivity contribution is 7.99. The van der Waals surface area contributed by atoms with Gasteiger partial charge in [-0.05, 0) is 31.2 Å². The van der Waals surface area contributed by atoms with E-state index in [0.29, 0.717) is 17.1 Å². The predicted molar refractivity (Wildman–Crippen MR) is 69.8 cm³/mol. The number of rotatable bonds is 4. The van der Waals surface area contributed by atoms with Crippen LogP contribution in [0.25, 0.3) is 0 Å². The summed E-state index contributed by atoms with van der Waals surface area (Å²) in [7, 11) is 0. The lowest BCUT2D eigenvalue weighted by atomic mass is 9.95. The summed E-state index contributed by atoms with van der Waals surface area (Å²) in [4.78, 5) is 0. The first kappa shape index (κ1) is 12.5. The summed E-state index contributed by atoms with van der Waals surface area (Å²) in [5.41, 5.74) is 0. The van der Waals surface area contributed by atoms with Gasteiger partial charge in [-0.3, -0.25) is 0 Å². The molecule has 1 N–H and O–H groups in total. The number of hydrogen-bond donors (Lipinski definition) is 1. The smallest absolute Gasteiger partial charge is 0.203 e. The van der Waals surface area contributed by atoms with Crippen molar-refractivity contribution >= 4 is 11.8 Å². The van der Waals surface area contributed by atoms with Crippen molar-refractivity contribution in [3.8, 4) is 6.07 Å². The highest BCUT2D eigenvalue weighted by Gasteiger charge is 2.23. The molecule has 1 aromatic heterocycles. The zero-order valence-electron chi connectivity index (χ0n) is 10.1. The van der Waals surface area contributed by atoms with Gasteiger partial charge in [0.2, 0.25) is 5.76 Å². The maximum absolute atomic E-state index is 8.68. The molecule has 0 saturated heterocycles. The van der Waals surface area contributed by atoms with Gasteiger partial charge >= 0.3 is 0 Å². The van der Waals surface area contributed by atoms with E-state index in [9.17, 15) is 0 Å². The number of nitrogens with one attached hydrogen (secondary N) is 1. The van der Waals surface area contributed by atoms with E-state index in [0.717, 1.165) is 12.3 Å². The van der Waals surface area contributed by atoms with Crippen LogP contribution in [0.2, 0.25) is 0 Å². The lowest BCUT2D eigenvalue weighted by Gasteiger charge is -2.30. The minimum Gasteiger partial charge on any atom is -0.449 e. The van der Waals surface area contributed by atoms with E-state index in [1.807, 2.05) is 23.9 Å². The van der Waals surface area contributed by atoms with Gasteiger partial charge in [-0.2, -0.15) is 17.0 Å². The molecule has 1 saturated carbocycles. The first-order chi connectivity index (χ1) is 8.33. The van der Waals surface area contributed by atoms with E-state index in [2.05, 4.69) is 11.6 Å². The fourth-order valence-electron chi connectivity index (χ4n) is 2.38. The first-order valence-electron chi connectivity index (χ1n) is 6.08. The molecule has 1 heterocycles. The van der Waals surface area contributed by atoms with Gasteiger partial charge in [0.05, 0.1) is 6.54 Å². The fourth-order valence-corrected chi connectivity index (χ4v) is 3.34. The molecular formula is C13H18N2OS. The van der Waals surface area contributed by atoms with E-state index in [1.54, 1.807) is 6.07 Å². The molecule has 17 heavy (non-hydrogen) atoms. The van der Waals surface area contributed by atoms with Crippen LogP contribution in [-0.2, 0) is 6.54 Å². The summed E-state index contributed by atoms with van der Waals surface area (Å²) in [5.74, 6) is 1.25. The predicted octanol–water partition coefficient (Wildman–Crippen LogP) is 2.92. The Morgan fingerprint density at radius 2 is 2.29 bits per heavy atom. The molecule has 1 aliphatic rings. The van der Waals surface area contributed by atoms with Crippen LogP contribution in [0.4, 0.5) is 0 Å². The van der Waals surface area contributed by atoms with Gasteiger partial charge in [-0.1, -0.05) is 12.8 Å². The van der Waals surface area contributed by atoms with Gasteiger partial charge in [0.15, 0.2) is 0 Å². The molecule has 0 aromatic carbocycles. The van der Waals surface area contributed by atoms with Crippen LogP contribution in [0.5, 0.6) is 0 Å². The van der Waals surface area contributed by atoms with Crippen LogP contribution in [-0.4, -0.2) is 17.5 Å². The van der Waals surface area contributed by atoms with Crippen LogP contribution in [0.1, 0.15) is 37.2 Å². The average Bonchev–Trinajstić information content (AvgIpc) is 2.84. The van der Waals surface area contributed by atoms with Crippen LogP contribution in [0.3, 0.4) is 0 Å². The minimum absolute atomic E-state index is 0.395. The lowest BCUT2D eigenvalue weighted by molar-refractivity contribution is 0.364. The second kappa shape index (κ2) is 6.13. The monoisotopic (exact) mass is 250 g/mol. The van der Waals surface area contributed by atoms with Gasteiger partial charge < -0.3 is 9.73 Å². The standard InChI is InChI=1S/C13H18N2OS/c1-17-13-5-3-2-4-12(13)15-9-11-7-6-10(8-14)16-11/h6-7,12-13,15H,2-5,9H2,1H3. The first-order valence-corrected chi connectivity index (χ1v) is 7.37. The van der Waals surface area contributed by atoms with Gasteiger partial charge in [0.1, 0.15) is 11.8 Å². The molecule has 0 amide bonds. The number of thioether (sulfide) groups is 1. The normalized spacial score (nSPS) is 24.5. The third-order valence-electron chi connectivity index (χ3n) is 3.32. The Balaban J connectivity index is 1.86. The third-order valence-corrected chi connectivity index (χ3v) is 4.49. The largest absolute Gasteiger partial charge is 0.449 e. The Hall–Kier alpha value is -0.920. The molecule has 1 aliphatic carbocycles. The van der Waals surface area contributed by atoms with Crippen molar-refractivity contribution in [3.05, 3.63) is 23.7 Å². The summed E-state index contributed by atoms with van der Waals surface area (Å²) in [6.07, 6.45) is 7.41. The average molecular weight is 250 g/mol. The molecular weight excluding hydrogens is 232 g/mol. The molecule has 1 fully saturated rings. The van der Waals surface area contributed by atoms with Gasteiger partial charge in [0, 0.05) is 11.3 Å². The van der Waals surface area contributed by atoms with Crippen molar-refractivity contribution in [1.29, 1.82) is 5.26 Å². The molecule has 2 rings (SSSR count). The quantitative estimate of drug-likeness (QED) is 0.892. The van der Waals surface area contributed by atoms with Crippen LogP contribution in [0.15, 0.2) is 16.5 Å². The molecule has 4 heteroatoms. The molecule has 92 valence electrons. The molecule has 0 radical (unpaired) electrons. The Morgan fingerprint density at radius 3 is 3.00 bits per heavy atom. The minimum atomic E-state index is 0.395. The SMILES string of the molecule is CSC1CCCCC1NCc1ccc(C#N)o1. The summed E-state index contributed by atoms with van der Waals surface area (Å²) in [6.45, 7) is 0.726.